The van der Waals surface area contributed by atoms with Gasteiger partial charge in [-0.3, -0.25) is 0 Å². The number of aromatic nitrogens is 3. The Labute approximate surface area is 149 Å². The summed E-state index contributed by atoms with van der Waals surface area (Å²) in [5.74, 6) is 0.420. The largest absolute Gasteiger partial charge is 0.341 e. The summed E-state index contributed by atoms with van der Waals surface area (Å²) in [5.41, 5.74) is 1.77. The average Bonchev–Trinajstić information content (AvgIpc) is 3.05. The Kier molecular flexibility index (Phi) is 4.59. The predicted molar refractivity (Wildman–Crippen MR) is 98.4 cm³/mol. The van der Waals surface area contributed by atoms with Gasteiger partial charge < -0.3 is 10.2 Å². The molecule has 2 aromatic heterocycles. The Morgan fingerprint density at radius 3 is 2.88 bits per heavy atom. The van der Waals surface area contributed by atoms with Crippen LogP contribution in [0.1, 0.15) is 23.5 Å². The van der Waals surface area contributed by atoms with E-state index in [9.17, 15) is 4.39 Å². The van der Waals surface area contributed by atoms with Gasteiger partial charge in [0.1, 0.15) is 5.82 Å². The summed E-state index contributed by atoms with van der Waals surface area (Å²) in [7, 11) is 0. The number of benzene rings is 1. The van der Waals surface area contributed by atoms with Crippen LogP contribution in [0.5, 0.6) is 0 Å². The van der Waals surface area contributed by atoms with Crippen LogP contribution in [0.2, 0.25) is 0 Å². The lowest BCUT2D eigenvalue weighted by Crippen LogP contribution is -2.42. The second-order valence-electron chi connectivity index (χ2n) is 6.37. The van der Waals surface area contributed by atoms with E-state index in [1.807, 2.05) is 6.92 Å². The minimum atomic E-state index is -0.266. The molecule has 1 N–H and O–H groups in total. The van der Waals surface area contributed by atoms with E-state index in [0.29, 0.717) is 17.5 Å². The first-order chi connectivity index (χ1) is 12.2. The Hall–Kier alpha value is -2.12. The molecule has 0 unspecified atom stereocenters. The summed E-state index contributed by atoms with van der Waals surface area (Å²) in [6.45, 7) is 4.64. The number of piperidine rings is 1. The summed E-state index contributed by atoms with van der Waals surface area (Å²) in [6.07, 6.45) is 3.84. The Morgan fingerprint density at radius 2 is 2.12 bits per heavy atom. The van der Waals surface area contributed by atoms with Crippen LogP contribution in [-0.4, -0.2) is 34.1 Å². The fraction of sp³-hybridized carbons (Fsp3) is 0.389. The first-order valence-corrected chi connectivity index (χ1v) is 9.37. The molecule has 1 aromatic carbocycles. The average molecular weight is 357 g/mol. The SMILES string of the molecule is Cc1nc(CNC2CCN(c3ncc4ccc(F)cc4n3)CC2)cs1. The second kappa shape index (κ2) is 7.01. The maximum absolute atomic E-state index is 13.4. The molecule has 25 heavy (non-hydrogen) atoms. The lowest BCUT2D eigenvalue weighted by Gasteiger charge is -2.32. The fourth-order valence-corrected chi connectivity index (χ4v) is 3.77. The zero-order valence-electron chi connectivity index (χ0n) is 14.1. The highest BCUT2D eigenvalue weighted by Crippen LogP contribution is 2.20. The Morgan fingerprint density at radius 1 is 1.28 bits per heavy atom. The highest BCUT2D eigenvalue weighted by atomic mass is 32.1. The number of halogens is 1. The van der Waals surface area contributed by atoms with Gasteiger partial charge in [-0.15, -0.1) is 11.3 Å². The Bertz CT molecular complexity index is 873. The van der Waals surface area contributed by atoms with Gasteiger partial charge in [-0.2, -0.15) is 0 Å². The normalized spacial score (nSPS) is 15.8. The molecule has 3 heterocycles. The van der Waals surface area contributed by atoms with E-state index in [4.69, 9.17) is 0 Å². The van der Waals surface area contributed by atoms with Crippen LogP contribution in [0.25, 0.3) is 10.9 Å². The van der Waals surface area contributed by atoms with Crippen LogP contribution >= 0.6 is 11.3 Å². The van der Waals surface area contributed by atoms with E-state index in [0.717, 1.165) is 48.6 Å². The monoisotopic (exact) mass is 357 g/mol. The van der Waals surface area contributed by atoms with Crippen LogP contribution < -0.4 is 10.2 Å². The second-order valence-corrected chi connectivity index (χ2v) is 7.44. The van der Waals surface area contributed by atoms with Gasteiger partial charge in [-0.25, -0.2) is 19.3 Å². The highest BCUT2D eigenvalue weighted by molar-refractivity contribution is 7.09. The van der Waals surface area contributed by atoms with Crippen molar-refractivity contribution < 1.29 is 4.39 Å². The standard InChI is InChI=1S/C18H20FN5S/c1-12-22-16(11-25-12)10-20-15-4-6-24(7-5-15)18-21-9-13-2-3-14(19)8-17(13)23-18/h2-3,8-9,11,15,20H,4-7,10H2,1H3. The number of nitrogens with zero attached hydrogens (tertiary/aromatic N) is 4. The van der Waals surface area contributed by atoms with Crippen molar-refractivity contribution in [3.63, 3.8) is 0 Å². The number of aryl methyl sites for hydroxylation is 1. The van der Waals surface area contributed by atoms with Gasteiger partial charge in [0.15, 0.2) is 0 Å². The zero-order chi connectivity index (χ0) is 17.2. The number of fused-ring (bicyclic) bond motifs is 1. The molecule has 1 aliphatic heterocycles. The topological polar surface area (TPSA) is 53.9 Å². The fourth-order valence-electron chi connectivity index (χ4n) is 3.16. The lowest BCUT2D eigenvalue weighted by atomic mass is 10.1. The molecule has 1 saturated heterocycles. The number of nitrogens with one attached hydrogen (secondary N) is 1. The third kappa shape index (κ3) is 3.77. The third-order valence-electron chi connectivity index (χ3n) is 4.55. The van der Waals surface area contributed by atoms with E-state index in [2.05, 4.69) is 30.5 Å². The van der Waals surface area contributed by atoms with Gasteiger partial charge in [-0.05, 0) is 31.9 Å². The van der Waals surface area contributed by atoms with E-state index in [1.54, 1.807) is 23.6 Å². The molecular weight excluding hydrogens is 337 g/mol. The summed E-state index contributed by atoms with van der Waals surface area (Å²) in [4.78, 5) is 15.6. The van der Waals surface area contributed by atoms with Gasteiger partial charge in [0.2, 0.25) is 5.95 Å². The number of anilines is 1. The van der Waals surface area contributed by atoms with Crippen LogP contribution in [0.15, 0.2) is 29.8 Å². The van der Waals surface area contributed by atoms with Gasteiger partial charge in [0.05, 0.1) is 16.2 Å². The molecular formula is C18H20FN5S. The molecule has 0 amide bonds. The zero-order valence-corrected chi connectivity index (χ0v) is 14.9. The first-order valence-electron chi connectivity index (χ1n) is 8.49. The quantitative estimate of drug-likeness (QED) is 0.776. The minimum Gasteiger partial charge on any atom is -0.341 e. The molecule has 0 atom stereocenters. The summed E-state index contributed by atoms with van der Waals surface area (Å²) >= 11 is 1.69. The summed E-state index contributed by atoms with van der Waals surface area (Å²) < 4.78 is 13.4. The predicted octanol–water partition coefficient (Wildman–Crippen LogP) is 3.29. The molecule has 3 aromatic rings. The molecule has 1 aliphatic rings. The van der Waals surface area contributed by atoms with Gasteiger partial charge >= 0.3 is 0 Å². The maximum Gasteiger partial charge on any atom is 0.225 e. The van der Waals surface area contributed by atoms with Gasteiger partial charge in [0, 0.05) is 48.7 Å². The molecule has 5 nitrogen and oxygen atoms in total. The van der Waals surface area contributed by atoms with Gasteiger partial charge in [-0.1, -0.05) is 0 Å². The smallest absolute Gasteiger partial charge is 0.225 e. The third-order valence-corrected chi connectivity index (χ3v) is 5.37. The van der Waals surface area contributed by atoms with Crippen molar-refractivity contribution in [3.8, 4) is 0 Å². The minimum absolute atomic E-state index is 0.266. The van der Waals surface area contributed by atoms with Crippen molar-refractivity contribution in [2.24, 2.45) is 0 Å². The Balaban J connectivity index is 1.36. The van der Waals surface area contributed by atoms with Gasteiger partial charge in [0.25, 0.3) is 0 Å². The lowest BCUT2D eigenvalue weighted by molar-refractivity contribution is 0.410. The molecule has 1 fully saturated rings. The van der Waals surface area contributed by atoms with Crippen LogP contribution in [-0.2, 0) is 6.54 Å². The molecule has 130 valence electrons. The molecule has 7 heteroatoms. The van der Waals surface area contributed by atoms with Crippen molar-refractivity contribution >= 4 is 28.2 Å². The van der Waals surface area contributed by atoms with E-state index >= 15 is 0 Å². The number of rotatable bonds is 4. The molecule has 0 saturated carbocycles. The molecule has 4 rings (SSSR count). The summed E-state index contributed by atoms with van der Waals surface area (Å²) in [6, 6.07) is 5.10. The van der Waals surface area contributed by atoms with Crippen molar-refractivity contribution in [1.82, 2.24) is 20.3 Å². The highest BCUT2D eigenvalue weighted by Gasteiger charge is 2.21. The number of hydrogen-bond acceptors (Lipinski definition) is 6. The first kappa shape index (κ1) is 16.4. The molecule has 0 aliphatic carbocycles. The number of thiazole rings is 1. The molecule has 0 radical (unpaired) electrons. The van der Waals surface area contributed by atoms with Crippen molar-refractivity contribution in [3.05, 3.63) is 46.3 Å². The van der Waals surface area contributed by atoms with E-state index in [-0.39, 0.29) is 5.82 Å². The molecule has 0 bridgehead atoms. The van der Waals surface area contributed by atoms with Crippen LogP contribution in [0.3, 0.4) is 0 Å². The summed E-state index contributed by atoms with van der Waals surface area (Å²) in [5, 5.41) is 7.67. The van der Waals surface area contributed by atoms with E-state index in [1.165, 1.54) is 12.1 Å². The number of hydrogen-bond donors (Lipinski definition) is 1. The molecule has 0 spiro atoms. The van der Waals surface area contributed by atoms with Crippen molar-refractivity contribution in [1.29, 1.82) is 0 Å². The van der Waals surface area contributed by atoms with Crippen LogP contribution in [0, 0.1) is 12.7 Å². The van der Waals surface area contributed by atoms with E-state index < -0.39 is 0 Å². The van der Waals surface area contributed by atoms with Crippen LogP contribution in [0.4, 0.5) is 10.3 Å². The van der Waals surface area contributed by atoms with Crippen molar-refractivity contribution in [2.45, 2.75) is 32.4 Å². The maximum atomic E-state index is 13.4. The van der Waals surface area contributed by atoms with Crippen molar-refractivity contribution in [2.75, 3.05) is 18.0 Å².